The van der Waals surface area contributed by atoms with Gasteiger partial charge in [0.15, 0.2) is 0 Å². The van der Waals surface area contributed by atoms with E-state index >= 15 is 0 Å². The van der Waals surface area contributed by atoms with Crippen LogP contribution < -0.4 is 0 Å². The average Bonchev–Trinajstić information content (AvgIpc) is 3.41. The minimum absolute atomic E-state index is 1.02. The lowest BCUT2D eigenvalue weighted by Crippen LogP contribution is -1.98. The van der Waals surface area contributed by atoms with E-state index in [1.165, 1.54) is 57.2 Å². The average molecular weight is 366 g/mol. The number of aryl methyl sites for hydroxylation is 1. The van der Waals surface area contributed by atoms with Crippen molar-refractivity contribution < 1.29 is 0 Å². The molecule has 0 saturated heterocycles. The molecule has 6 rings (SSSR count). The number of para-hydroxylation sites is 2. The number of hydrogen-bond acceptors (Lipinski definition) is 1. The molecule has 0 aliphatic rings. The Morgan fingerprint density at radius 3 is 2.61 bits per heavy atom. The van der Waals surface area contributed by atoms with Crippen LogP contribution in [0.25, 0.3) is 54.5 Å². The summed E-state index contributed by atoms with van der Waals surface area (Å²) in [4.78, 5) is 5.10. The van der Waals surface area contributed by atoms with Crippen molar-refractivity contribution >= 4 is 54.5 Å². The Hall–Kier alpha value is -3.27. The third-order valence-electron chi connectivity index (χ3n) is 6.03. The first-order chi connectivity index (χ1) is 13.9. The van der Waals surface area contributed by atoms with Crippen molar-refractivity contribution in [2.75, 3.05) is 0 Å². The molecule has 0 unspecified atom stereocenters. The van der Waals surface area contributed by atoms with Gasteiger partial charge >= 0.3 is 0 Å². The van der Waals surface area contributed by atoms with E-state index in [4.69, 9.17) is 4.98 Å². The molecule has 0 aliphatic heterocycles. The summed E-state index contributed by atoms with van der Waals surface area (Å²) in [5.41, 5.74) is 5.88. The van der Waals surface area contributed by atoms with Crippen LogP contribution in [-0.4, -0.2) is 19.7 Å². The fourth-order valence-corrected chi connectivity index (χ4v) is 4.80. The molecule has 4 nitrogen and oxygen atoms in total. The largest absolute Gasteiger partial charge is 0.339 e. The van der Waals surface area contributed by atoms with E-state index in [1.54, 1.807) is 0 Å². The van der Waals surface area contributed by atoms with Crippen molar-refractivity contribution in [1.29, 1.82) is 0 Å². The molecule has 3 heterocycles. The highest BCUT2D eigenvalue weighted by Crippen LogP contribution is 2.42. The molecular weight excluding hydrogens is 344 g/mol. The number of aromatic amines is 2. The van der Waals surface area contributed by atoms with E-state index < -0.39 is 0 Å². The van der Waals surface area contributed by atoms with Gasteiger partial charge in [-0.2, -0.15) is 0 Å². The lowest BCUT2D eigenvalue weighted by molar-refractivity contribution is 0.628. The summed E-state index contributed by atoms with van der Waals surface area (Å²) in [6.07, 6.45) is 5.75. The van der Waals surface area contributed by atoms with E-state index in [9.17, 15) is 0 Å². The minimum Gasteiger partial charge on any atom is -0.339 e. The lowest BCUT2D eigenvalue weighted by atomic mass is 10.0. The van der Waals surface area contributed by atoms with Gasteiger partial charge in [-0.3, -0.25) is 0 Å². The summed E-state index contributed by atoms with van der Waals surface area (Å²) < 4.78 is 2.50. The second-order valence-corrected chi connectivity index (χ2v) is 7.65. The second kappa shape index (κ2) is 5.86. The zero-order chi connectivity index (χ0) is 18.7. The number of hydrogen-bond donors (Lipinski definition) is 2. The van der Waals surface area contributed by atoms with E-state index in [2.05, 4.69) is 76.4 Å². The third kappa shape index (κ3) is 1.97. The molecule has 0 aliphatic carbocycles. The Morgan fingerprint density at radius 1 is 0.893 bits per heavy atom. The van der Waals surface area contributed by atoms with Crippen LogP contribution in [0, 0.1) is 0 Å². The van der Waals surface area contributed by atoms with Gasteiger partial charge in [0.05, 0.1) is 22.1 Å². The van der Waals surface area contributed by atoms with Crippen LogP contribution in [0.3, 0.4) is 0 Å². The molecule has 0 atom stereocenters. The van der Waals surface area contributed by atoms with Crippen LogP contribution in [0.15, 0.2) is 54.7 Å². The van der Waals surface area contributed by atoms with Crippen molar-refractivity contribution in [3.8, 4) is 0 Å². The van der Waals surface area contributed by atoms with Gasteiger partial charge < -0.3 is 14.8 Å². The summed E-state index contributed by atoms with van der Waals surface area (Å²) in [7, 11) is 0. The Labute approximate surface area is 162 Å². The van der Waals surface area contributed by atoms with Gasteiger partial charge in [0.25, 0.3) is 0 Å². The van der Waals surface area contributed by atoms with Gasteiger partial charge in [0.1, 0.15) is 0 Å². The van der Waals surface area contributed by atoms with E-state index in [0.717, 1.165) is 23.1 Å². The molecule has 28 heavy (non-hydrogen) atoms. The topological polar surface area (TPSA) is 49.4 Å². The zero-order valence-electron chi connectivity index (χ0n) is 15.9. The summed E-state index contributed by atoms with van der Waals surface area (Å²) in [5.74, 6) is 0. The first kappa shape index (κ1) is 15.8. The molecule has 0 fully saturated rings. The maximum Gasteiger partial charge on any atom is 0.0981 e. The summed E-state index contributed by atoms with van der Waals surface area (Å²) >= 11 is 0. The molecule has 0 bridgehead atoms. The number of aromatic nitrogens is 4. The fraction of sp³-hybridized carbons (Fsp3) is 0.208. The molecule has 3 aromatic heterocycles. The fourth-order valence-electron chi connectivity index (χ4n) is 4.80. The first-order valence-electron chi connectivity index (χ1n) is 10.1. The molecule has 138 valence electrons. The molecule has 4 heteroatoms. The Balaban J connectivity index is 1.88. The highest BCUT2D eigenvalue weighted by atomic mass is 15.1. The van der Waals surface area contributed by atoms with Crippen LogP contribution in [0.2, 0.25) is 0 Å². The zero-order valence-corrected chi connectivity index (χ0v) is 15.9. The number of nitrogens with one attached hydrogen (secondary N) is 2. The van der Waals surface area contributed by atoms with Gasteiger partial charge in [-0.15, -0.1) is 0 Å². The molecule has 0 radical (unpaired) electrons. The summed E-state index contributed by atoms with van der Waals surface area (Å²) in [6.45, 7) is 3.28. The molecule has 0 spiro atoms. The van der Waals surface area contributed by atoms with Crippen molar-refractivity contribution in [3.63, 3.8) is 0 Å². The molecule has 0 saturated carbocycles. The van der Waals surface area contributed by atoms with Crippen LogP contribution in [0.4, 0.5) is 0 Å². The van der Waals surface area contributed by atoms with Crippen molar-refractivity contribution in [1.82, 2.24) is 19.7 Å². The highest BCUT2D eigenvalue weighted by Gasteiger charge is 2.21. The standard InChI is InChI=1S/C24H22N4/c1-2-3-8-13-28-19-12-7-5-10-16(19)20-17-14-25-27-22(17)21-15-9-4-6-11-18(15)26-23(21)24(20)28/h4-7,9-12,14,25,27H,2-3,8,13H2,1H3. The smallest absolute Gasteiger partial charge is 0.0981 e. The quantitative estimate of drug-likeness (QED) is 0.344. The number of benzene rings is 3. The van der Waals surface area contributed by atoms with E-state index in [0.29, 0.717) is 0 Å². The van der Waals surface area contributed by atoms with E-state index in [-0.39, 0.29) is 0 Å². The van der Waals surface area contributed by atoms with Crippen LogP contribution >= 0.6 is 0 Å². The maximum atomic E-state index is 5.10. The van der Waals surface area contributed by atoms with Gasteiger partial charge in [-0.1, -0.05) is 56.2 Å². The maximum absolute atomic E-state index is 5.10. The van der Waals surface area contributed by atoms with Crippen molar-refractivity contribution in [2.24, 2.45) is 0 Å². The Morgan fingerprint density at radius 2 is 1.71 bits per heavy atom. The highest BCUT2D eigenvalue weighted by molar-refractivity contribution is 6.34. The lowest BCUT2D eigenvalue weighted by Gasteiger charge is -2.08. The second-order valence-electron chi connectivity index (χ2n) is 7.65. The summed E-state index contributed by atoms with van der Waals surface area (Å²) in [6, 6.07) is 17.2. The third-order valence-corrected chi connectivity index (χ3v) is 6.03. The van der Waals surface area contributed by atoms with Gasteiger partial charge in [0, 0.05) is 45.2 Å². The molecular formula is C24H22N4. The van der Waals surface area contributed by atoms with Crippen LogP contribution in [-0.2, 0) is 6.54 Å². The van der Waals surface area contributed by atoms with Crippen molar-refractivity contribution in [2.45, 2.75) is 32.7 Å². The Bertz CT molecular complexity index is 1480. The molecule has 0 amide bonds. The number of nitrogens with zero attached hydrogens (tertiary/aromatic N) is 2. The monoisotopic (exact) mass is 366 g/mol. The number of fused-ring (bicyclic) bond motifs is 10. The van der Waals surface area contributed by atoms with Crippen molar-refractivity contribution in [3.05, 3.63) is 54.7 Å². The van der Waals surface area contributed by atoms with E-state index in [1.807, 2.05) is 0 Å². The van der Waals surface area contributed by atoms with Gasteiger partial charge in [-0.05, 0) is 18.6 Å². The first-order valence-corrected chi connectivity index (χ1v) is 10.1. The number of unbranched alkanes of at least 4 members (excludes halogenated alkanes) is 2. The van der Waals surface area contributed by atoms with Gasteiger partial charge in [0.2, 0.25) is 0 Å². The molecule has 2 N–H and O–H groups in total. The van der Waals surface area contributed by atoms with Crippen LogP contribution in [0.5, 0.6) is 0 Å². The Kier molecular flexibility index (Phi) is 3.30. The predicted molar refractivity (Wildman–Crippen MR) is 118 cm³/mol. The molecule has 3 aromatic carbocycles. The number of H-pyrrole nitrogens is 2. The molecule has 6 aromatic rings. The SMILES string of the molecule is CCCCCn1c2ccccc2c2c3c[nH][nH]c3c3c4ccccc4nc3c21. The predicted octanol–water partition coefficient (Wildman–Crippen LogP) is 6.50. The van der Waals surface area contributed by atoms with Gasteiger partial charge in [-0.25, -0.2) is 4.98 Å². The van der Waals surface area contributed by atoms with Crippen LogP contribution in [0.1, 0.15) is 26.2 Å². The minimum atomic E-state index is 1.02. The summed E-state index contributed by atoms with van der Waals surface area (Å²) in [5, 5.41) is 12.9. The number of rotatable bonds is 4. The normalized spacial score (nSPS) is 12.3.